The van der Waals surface area contributed by atoms with Gasteiger partial charge in [-0.05, 0) is 38.8 Å². The maximum atomic E-state index is 6.38. The van der Waals surface area contributed by atoms with Crippen molar-refractivity contribution >= 4 is 11.6 Å². The maximum absolute atomic E-state index is 6.38. The third kappa shape index (κ3) is 1.79. The van der Waals surface area contributed by atoms with Crippen molar-refractivity contribution < 1.29 is 0 Å². The van der Waals surface area contributed by atoms with E-state index in [1.165, 1.54) is 31.4 Å². The van der Waals surface area contributed by atoms with E-state index in [0.29, 0.717) is 11.8 Å². The highest BCUT2D eigenvalue weighted by Crippen LogP contribution is 2.44. The Labute approximate surface area is 94.6 Å². The van der Waals surface area contributed by atoms with Gasteiger partial charge in [-0.3, -0.25) is 5.10 Å². The van der Waals surface area contributed by atoms with Gasteiger partial charge < -0.3 is 5.32 Å². The lowest BCUT2D eigenvalue weighted by Crippen LogP contribution is -2.26. The maximum Gasteiger partial charge on any atom is 0.0853 e. The molecule has 1 aliphatic heterocycles. The molecule has 0 aromatic carbocycles. The monoisotopic (exact) mass is 225 g/mol. The van der Waals surface area contributed by atoms with Crippen molar-refractivity contribution in [2.75, 3.05) is 13.1 Å². The molecule has 15 heavy (non-hydrogen) atoms. The predicted octanol–water partition coefficient (Wildman–Crippen LogP) is 2.41. The van der Waals surface area contributed by atoms with Gasteiger partial charge in [0.2, 0.25) is 0 Å². The van der Waals surface area contributed by atoms with Crippen LogP contribution < -0.4 is 5.32 Å². The molecule has 1 saturated heterocycles. The van der Waals surface area contributed by atoms with Crippen molar-refractivity contribution in [1.82, 2.24) is 15.5 Å². The number of hydrogen-bond donors (Lipinski definition) is 2. The van der Waals surface area contributed by atoms with Crippen LogP contribution in [-0.4, -0.2) is 23.3 Å². The second-order valence-corrected chi connectivity index (χ2v) is 5.01. The Morgan fingerprint density at radius 1 is 1.07 bits per heavy atom. The third-order valence-electron chi connectivity index (χ3n) is 3.47. The predicted molar refractivity (Wildman–Crippen MR) is 60.4 cm³/mol. The molecule has 3 nitrogen and oxygen atoms in total. The highest BCUT2D eigenvalue weighted by molar-refractivity contribution is 6.32. The second-order valence-electron chi connectivity index (χ2n) is 4.64. The molecule has 0 radical (unpaired) electrons. The van der Waals surface area contributed by atoms with Gasteiger partial charge in [0.1, 0.15) is 0 Å². The Morgan fingerprint density at radius 3 is 2.47 bits per heavy atom. The molecule has 2 N–H and O–H groups in total. The van der Waals surface area contributed by atoms with Gasteiger partial charge in [-0.15, -0.1) is 0 Å². The van der Waals surface area contributed by atoms with Gasteiger partial charge in [-0.1, -0.05) is 11.6 Å². The van der Waals surface area contributed by atoms with Crippen LogP contribution in [-0.2, 0) is 0 Å². The van der Waals surface area contributed by atoms with Gasteiger partial charge in [0.15, 0.2) is 0 Å². The number of hydrogen-bond acceptors (Lipinski definition) is 2. The summed E-state index contributed by atoms with van der Waals surface area (Å²) >= 11 is 6.38. The number of nitrogens with zero attached hydrogens (tertiary/aromatic N) is 1. The Kier molecular flexibility index (Phi) is 2.45. The lowest BCUT2D eigenvalue weighted by Gasteiger charge is -2.21. The average Bonchev–Trinajstić information content (AvgIpc) is 3.04. The Hall–Kier alpha value is -0.540. The summed E-state index contributed by atoms with van der Waals surface area (Å²) in [4.78, 5) is 0. The van der Waals surface area contributed by atoms with Gasteiger partial charge >= 0.3 is 0 Å². The molecule has 2 heterocycles. The first kappa shape index (κ1) is 9.67. The molecule has 1 saturated carbocycles. The van der Waals surface area contributed by atoms with Crippen molar-refractivity contribution in [2.45, 2.75) is 37.5 Å². The lowest BCUT2D eigenvalue weighted by molar-refractivity contribution is 0.453. The number of rotatable bonds is 2. The number of nitrogens with one attached hydrogen (secondary N) is 2. The Balaban J connectivity index is 1.83. The van der Waals surface area contributed by atoms with Gasteiger partial charge in [-0.25, -0.2) is 0 Å². The van der Waals surface area contributed by atoms with E-state index in [-0.39, 0.29) is 0 Å². The van der Waals surface area contributed by atoms with E-state index in [9.17, 15) is 0 Å². The van der Waals surface area contributed by atoms with Gasteiger partial charge in [-0.2, -0.15) is 5.10 Å². The summed E-state index contributed by atoms with van der Waals surface area (Å²) in [6, 6.07) is 0. The number of H-pyrrole nitrogens is 1. The average molecular weight is 226 g/mol. The molecule has 4 heteroatoms. The van der Waals surface area contributed by atoms with Crippen LogP contribution in [0.5, 0.6) is 0 Å². The summed E-state index contributed by atoms with van der Waals surface area (Å²) < 4.78 is 0. The fraction of sp³-hybridized carbons (Fsp3) is 0.727. The van der Waals surface area contributed by atoms with Crippen molar-refractivity contribution in [3.8, 4) is 0 Å². The Morgan fingerprint density at radius 2 is 1.80 bits per heavy atom. The van der Waals surface area contributed by atoms with Crippen LogP contribution in [0.3, 0.4) is 0 Å². The normalized spacial score (nSPS) is 23.3. The molecule has 1 aromatic heterocycles. The second kappa shape index (κ2) is 3.80. The van der Waals surface area contributed by atoms with Gasteiger partial charge in [0.25, 0.3) is 0 Å². The zero-order valence-electron chi connectivity index (χ0n) is 8.72. The lowest BCUT2D eigenvalue weighted by atomic mass is 9.94. The highest BCUT2D eigenvalue weighted by Gasteiger charge is 2.31. The van der Waals surface area contributed by atoms with Crippen LogP contribution in [0.25, 0.3) is 0 Å². The Bertz CT molecular complexity index is 351. The quantitative estimate of drug-likeness (QED) is 0.812. The fourth-order valence-corrected chi connectivity index (χ4v) is 2.76. The summed E-state index contributed by atoms with van der Waals surface area (Å²) in [7, 11) is 0. The first-order chi connectivity index (χ1) is 7.36. The first-order valence-electron chi connectivity index (χ1n) is 5.80. The standard InChI is InChI=1S/C11H16ClN3/c12-9-10(7-1-2-7)14-15-11(9)8-3-5-13-6-4-8/h7-8,13H,1-6H2,(H,14,15). The SMILES string of the molecule is Clc1c(C2CC2)n[nH]c1C1CCNCC1. The molecule has 3 rings (SSSR count). The van der Waals surface area contributed by atoms with Crippen molar-refractivity contribution in [2.24, 2.45) is 0 Å². The summed E-state index contributed by atoms with van der Waals surface area (Å²) in [5.74, 6) is 1.22. The first-order valence-corrected chi connectivity index (χ1v) is 6.18. The minimum atomic E-state index is 0.582. The largest absolute Gasteiger partial charge is 0.317 e. The van der Waals surface area contributed by atoms with Gasteiger partial charge in [0.05, 0.1) is 16.4 Å². The minimum Gasteiger partial charge on any atom is -0.317 e. The van der Waals surface area contributed by atoms with Crippen LogP contribution in [0, 0.1) is 0 Å². The van der Waals surface area contributed by atoms with Crippen LogP contribution >= 0.6 is 11.6 Å². The van der Waals surface area contributed by atoms with Gasteiger partial charge in [0, 0.05) is 11.8 Å². The fourth-order valence-electron chi connectivity index (χ4n) is 2.36. The molecular weight excluding hydrogens is 210 g/mol. The molecule has 1 aliphatic carbocycles. The van der Waals surface area contributed by atoms with Crippen molar-refractivity contribution in [3.63, 3.8) is 0 Å². The van der Waals surface area contributed by atoms with Crippen LogP contribution in [0.1, 0.15) is 48.9 Å². The zero-order valence-corrected chi connectivity index (χ0v) is 9.48. The molecule has 82 valence electrons. The smallest absolute Gasteiger partial charge is 0.0853 e. The molecule has 2 fully saturated rings. The molecule has 0 atom stereocenters. The summed E-state index contributed by atoms with van der Waals surface area (Å²) in [5.41, 5.74) is 2.30. The van der Waals surface area contributed by atoms with Crippen LogP contribution in [0.2, 0.25) is 5.02 Å². The van der Waals surface area contributed by atoms with E-state index in [1.54, 1.807) is 0 Å². The van der Waals surface area contributed by atoms with E-state index in [4.69, 9.17) is 11.6 Å². The van der Waals surface area contributed by atoms with Crippen LogP contribution in [0.15, 0.2) is 0 Å². The number of halogens is 1. The van der Waals surface area contributed by atoms with E-state index < -0.39 is 0 Å². The molecule has 0 unspecified atom stereocenters. The summed E-state index contributed by atoms with van der Waals surface area (Å²) in [6.07, 6.45) is 4.87. The molecule has 0 amide bonds. The van der Waals surface area contributed by atoms with Crippen molar-refractivity contribution in [3.05, 3.63) is 16.4 Å². The highest BCUT2D eigenvalue weighted by atomic mass is 35.5. The number of aromatic nitrogens is 2. The van der Waals surface area contributed by atoms with E-state index >= 15 is 0 Å². The van der Waals surface area contributed by atoms with E-state index in [1.807, 2.05) is 0 Å². The summed E-state index contributed by atoms with van der Waals surface area (Å²) in [6.45, 7) is 2.19. The van der Waals surface area contributed by atoms with E-state index in [2.05, 4.69) is 15.5 Å². The topological polar surface area (TPSA) is 40.7 Å². The molecular formula is C11H16ClN3. The zero-order chi connectivity index (χ0) is 10.3. The summed E-state index contributed by atoms with van der Waals surface area (Å²) in [5, 5.41) is 11.8. The molecule has 0 bridgehead atoms. The third-order valence-corrected chi connectivity index (χ3v) is 3.87. The molecule has 0 spiro atoms. The molecule has 2 aliphatic rings. The molecule has 1 aromatic rings. The van der Waals surface area contributed by atoms with E-state index in [0.717, 1.165) is 23.8 Å². The van der Waals surface area contributed by atoms with Crippen molar-refractivity contribution in [1.29, 1.82) is 0 Å². The number of aromatic amines is 1. The minimum absolute atomic E-state index is 0.582. The van der Waals surface area contributed by atoms with Crippen LogP contribution in [0.4, 0.5) is 0 Å². The number of piperidine rings is 1.